The first-order valence-corrected chi connectivity index (χ1v) is 6.22. The summed E-state index contributed by atoms with van der Waals surface area (Å²) in [6.07, 6.45) is 1.24. The lowest BCUT2D eigenvalue weighted by Gasteiger charge is -2.23. The highest BCUT2D eigenvalue weighted by Gasteiger charge is 2.07. The van der Waals surface area contributed by atoms with Gasteiger partial charge in [0.05, 0.1) is 0 Å². The highest BCUT2D eigenvalue weighted by atomic mass is 15.1. The Hall–Kier alpha value is -1.02. The molecule has 2 N–H and O–H groups in total. The molecule has 0 aliphatic rings. The molecular formula is C14H24N2. The SMILES string of the molecule is CCC(C)CN(CC)Cc1cccc(N)c1. The van der Waals surface area contributed by atoms with Crippen molar-refractivity contribution in [1.82, 2.24) is 4.90 Å². The summed E-state index contributed by atoms with van der Waals surface area (Å²) in [4.78, 5) is 2.48. The van der Waals surface area contributed by atoms with Crippen LogP contribution in [0.2, 0.25) is 0 Å². The summed E-state index contributed by atoms with van der Waals surface area (Å²) in [5.41, 5.74) is 7.95. The maximum atomic E-state index is 5.78. The molecule has 1 atom stereocenters. The zero-order valence-corrected chi connectivity index (χ0v) is 10.7. The van der Waals surface area contributed by atoms with Gasteiger partial charge in [-0.3, -0.25) is 4.90 Å². The Morgan fingerprint density at radius 2 is 2.06 bits per heavy atom. The number of benzene rings is 1. The van der Waals surface area contributed by atoms with Gasteiger partial charge >= 0.3 is 0 Å². The van der Waals surface area contributed by atoms with Crippen molar-refractivity contribution in [1.29, 1.82) is 0 Å². The predicted octanol–water partition coefficient (Wildman–Crippen LogP) is 3.14. The molecule has 0 aliphatic heterocycles. The van der Waals surface area contributed by atoms with Crippen molar-refractivity contribution in [3.63, 3.8) is 0 Å². The fraction of sp³-hybridized carbons (Fsp3) is 0.571. The van der Waals surface area contributed by atoms with Crippen molar-refractivity contribution < 1.29 is 0 Å². The zero-order chi connectivity index (χ0) is 12.0. The van der Waals surface area contributed by atoms with E-state index in [9.17, 15) is 0 Å². The van der Waals surface area contributed by atoms with E-state index >= 15 is 0 Å². The minimum absolute atomic E-state index is 0.765. The van der Waals surface area contributed by atoms with Gasteiger partial charge in [0.1, 0.15) is 0 Å². The van der Waals surface area contributed by atoms with Crippen LogP contribution < -0.4 is 5.73 Å². The van der Waals surface area contributed by atoms with E-state index in [0.717, 1.165) is 24.7 Å². The molecule has 0 saturated carbocycles. The number of nitrogens with zero attached hydrogens (tertiary/aromatic N) is 1. The Kier molecular flexibility index (Phi) is 5.33. The molecule has 1 aromatic carbocycles. The smallest absolute Gasteiger partial charge is 0.0317 e. The normalized spacial score (nSPS) is 13.0. The summed E-state index contributed by atoms with van der Waals surface area (Å²) in [5, 5.41) is 0. The second-order valence-electron chi connectivity index (χ2n) is 4.59. The molecule has 2 heteroatoms. The highest BCUT2D eigenvalue weighted by molar-refractivity contribution is 5.40. The summed E-state index contributed by atoms with van der Waals surface area (Å²) in [6.45, 7) is 10.0. The number of nitrogen functional groups attached to an aromatic ring is 1. The van der Waals surface area contributed by atoms with Crippen LogP contribution in [0.25, 0.3) is 0 Å². The van der Waals surface area contributed by atoms with Crippen LogP contribution in [-0.2, 0) is 6.54 Å². The Bertz CT molecular complexity index is 309. The second kappa shape index (κ2) is 6.54. The highest BCUT2D eigenvalue weighted by Crippen LogP contribution is 2.11. The molecule has 0 fully saturated rings. The van der Waals surface area contributed by atoms with Gasteiger partial charge in [-0.1, -0.05) is 39.3 Å². The van der Waals surface area contributed by atoms with Gasteiger partial charge in [-0.05, 0) is 30.2 Å². The van der Waals surface area contributed by atoms with E-state index < -0.39 is 0 Å². The van der Waals surface area contributed by atoms with Crippen LogP contribution in [-0.4, -0.2) is 18.0 Å². The molecule has 0 radical (unpaired) electrons. The van der Waals surface area contributed by atoms with Gasteiger partial charge in [-0.15, -0.1) is 0 Å². The van der Waals surface area contributed by atoms with Crippen LogP contribution >= 0.6 is 0 Å². The third kappa shape index (κ3) is 4.23. The van der Waals surface area contributed by atoms with Crippen LogP contribution in [0.3, 0.4) is 0 Å². The van der Waals surface area contributed by atoms with E-state index in [1.54, 1.807) is 0 Å². The average Bonchev–Trinajstić information content (AvgIpc) is 2.28. The van der Waals surface area contributed by atoms with E-state index in [0.29, 0.717) is 0 Å². The Labute approximate surface area is 99.5 Å². The monoisotopic (exact) mass is 220 g/mol. The van der Waals surface area contributed by atoms with Crippen LogP contribution in [0.4, 0.5) is 5.69 Å². The lowest BCUT2D eigenvalue weighted by atomic mass is 10.1. The van der Waals surface area contributed by atoms with Gasteiger partial charge in [0.2, 0.25) is 0 Å². The molecule has 90 valence electrons. The van der Waals surface area contributed by atoms with Crippen molar-refractivity contribution >= 4 is 5.69 Å². The van der Waals surface area contributed by atoms with Gasteiger partial charge in [0, 0.05) is 18.8 Å². The molecule has 2 nitrogen and oxygen atoms in total. The maximum Gasteiger partial charge on any atom is 0.0317 e. The number of hydrogen-bond donors (Lipinski definition) is 1. The number of nitrogens with two attached hydrogens (primary N) is 1. The largest absolute Gasteiger partial charge is 0.399 e. The fourth-order valence-electron chi connectivity index (χ4n) is 1.82. The summed E-state index contributed by atoms with van der Waals surface area (Å²) in [6, 6.07) is 8.19. The lowest BCUT2D eigenvalue weighted by molar-refractivity contribution is 0.238. The Morgan fingerprint density at radius 1 is 1.31 bits per heavy atom. The summed E-state index contributed by atoms with van der Waals surface area (Å²) in [5.74, 6) is 0.765. The predicted molar refractivity (Wildman–Crippen MR) is 71.3 cm³/mol. The number of rotatable bonds is 6. The first-order valence-electron chi connectivity index (χ1n) is 6.22. The standard InChI is InChI=1S/C14H24N2/c1-4-12(3)10-16(5-2)11-13-7-6-8-14(15)9-13/h6-9,12H,4-5,10-11,15H2,1-3H3. The zero-order valence-electron chi connectivity index (χ0n) is 10.7. The van der Waals surface area contributed by atoms with Crippen molar-refractivity contribution in [3.8, 4) is 0 Å². The van der Waals surface area contributed by atoms with Gasteiger partial charge in [-0.25, -0.2) is 0 Å². The second-order valence-corrected chi connectivity index (χ2v) is 4.59. The van der Waals surface area contributed by atoms with Crippen LogP contribution in [0, 0.1) is 5.92 Å². The van der Waals surface area contributed by atoms with Gasteiger partial charge in [0.15, 0.2) is 0 Å². The third-order valence-corrected chi connectivity index (χ3v) is 3.07. The number of hydrogen-bond acceptors (Lipinski definition) is 2. The van der Waals surface area contributed by atoms with E-state index in [1.165, 1.54) is 18.5 Å². The lowest BCUT2D eigenvalue weighted by Crippen LogP contribution is -2.27. The molecule has 0 aromatic heterocycles. The third-order valence-electron chi connectivity index (χ3n) is 3.07. The van der Waals surface area contributed by atoms with E-state index in [2.05, 4.69) is 37.8 Å². The van der Waals surface area contributed by atoms with Gasteiger partial charge in [-0.2, -0.15) is 0 Å². The molecule has 1 unspecified atom stereocenters. The molecule has 0 saturated heterocycles. The van der Waals surface area contributed by atoms with Crippen molar-refractivity contribution in [2.45, 2.75) is 33.7 Å². The van der Waals surface area contributed by atoms with Crippen molar-refractivity contribution in [3.05, 3.63) is 29.8 Å². The minimum atomic E-state index is 0.765. The maximum absolute atomic E-state index is 5.78. The molecule has 1 aromatic rings. The van der Waals surface area contributed by atoms with Crippen LogP contribution in [0.5, 0.6) is 0 Å². The summed E-state index contributed by atoms with van der Waals surface area (Å²) in [7, 11) is 0. The fourth-order valence-corrected chi connectivity index (χ4v) is 1.82. The molecule has 16 heavy (non-hydrogen) atoms. The van der Waals surface area contributed by atoms with E-state index in [-0.39, 0.29) is 0 Å². The Balaban J connectivity index is 2.56. The molecule has 0 heterocycles. The first kappa shape index (κ1) is 13.0. The van der Waals surface area contributed by atoms with E-state index in [1.807, 2.05) is 12.1 Å². The molecule has 0 spiro atoms. The number of anilines is 1. The van der Waals surface area contributed by atoms with Crippen LogP contribution in [0.1, 0.15) is 32.8 Å². The molecule has 1 rings (SSSR count). The van der Waals surface area contributed by atoms with Gasteiger partial charge in [0.25, 0.3) is 0 Å². The van der Waals surface area contributed by atoms with Gasteiger partial charge < -0.3 is 5.73 Å². The summed E-state index contributed by atoms with van der Waals surface area (Å²) >= 11 is 0. The van der Waals surface area contributed by atoms with Crippen molar-refractivity contribution in [2.24, 2.45) is 5.92 Å². The van der Waals surface area contributed by atoms with E-state index in [4.69, 9.17) is 5.73 Å². The average molecular weight is 220 g/mol. The molecule has 0 aliphatic carbocycles. The topological polar surface area (TPSA) is 29.3 Å². The van der Waals surface area contributed by atoms with Crippen LogP contribution in [0.15, 0.2) is 24.3 Å². The molecule has 0 amide bonds. The summed E-state index contributed by atoms with van der Waals surface area (Å²) < 4.78 is 0. The Morgan fingerprint density at radius 3 is 2.62 bits per heavy atom. The molecular weight excluding hydrogens is 196 g/mol. The first-order chi connectivity index (χ1) is 7.65. The minimum Gasteiger partial charge on any atom is -0.399 e. The molecule has 0 bridgehead atoms. The quantitative estimate of drug-likeness (QED) is 0.746. The van der Waals surface area contributed by atoms with Crippen molar-refractivity contribution in [2.75, 3.05) is 18.8 Å².